The van der Waals surface area contributed by atoms with Gasteiger partial charge in [0, 0.05) is 12.7 Å². The van der Waals surface area contributed by atoms with Crippen molar-refractivity contribution in [2.24, 2.45) is 0 Å². The molecule has 0 saturated carbocycles. The Labute approximate surface area is 92.0 Å². The molecule has 0 aromatic heterocycles. The van der Waals surface area contributed by atoms with Gasteiger partial charge in [-0.25, -0.2) is 0 Å². The Hall–Kier alpha value is 1.56. The average molecular weight is 140 g/mol. The smallest absolute Gasteiger partial charge is 0.853 e. The van der Waals surface area contributed by atoms with E-state index in [0.29, 0.717) is 0 Å². The van der Waals surface area contributed by atoms with Gasteiger partial charge in [0.25, 0.3) is 0 Å². The quantitative estimate of drug-likeness (QED) is 0.354. The van der Waals surface area contributed by atoms with E-state index >= 15 is 0 Å². The second-order valence-corrected chi connectivity index (χ2v) is 1.80. The van der Waals surface area contributed by atoms with Gasteiger partial charge >= 0.3 is 51.4 Å². The average Bonchev–Trinajstić information content (AvgIpc) is 2.14. The molecule has 8 heavy (non-hydrogen) atoms. The Balaban J connectivity index is 0.000000490. The van der Waals surface area contributed by atoms with Crippen LogP contribution < -0.4 is 56.5 Å². The van der Waals surface area contributed by atoms with Crippen LogP contribution in [0.5, 0.6) is 0 Å². The van der Waals surface area contributed by atoms with Crippen LogP contribution in [0, 0.1) is 0 Å². The Morgan fingerprint density at radius 3 is 2.62 bits per heavy atom. The normalized spacial score (nSPS) is 27.4. The second-order valence-electron chi connectivity index (χ2n) is 1.80. The van der Waals surface area contributed by atoms with Gasteiger partial charge in [-0.15, -0.1) is 6.61 Å². The van der Waals surface area contributed by atoms with E-state index in [-0.39, 0.29) is 64.1 Å². The molecule has 0 N–H and O–H groups in total. The minimum Gasteiger partial charge on any atom is -0.853 e. The van der Waals surface area contributed by atoms with Gasteiger partial charge in [-0.05, 0) is 12.8 Å². The molecule has 1 saturated heterocycles. The van der Waals surface area contributed by atoms with Gasteiger partial charge in [-0.3, -0.25) is 0 Å². The van der Waals surface area contributed by atoms with Crippen molar-refractivity contribution >= 4 is 0 Å². The van der Waals surface area contributed by atoms with E-state index in [4.69, 9.17) is 4.74 Å². The Bertz CT molecular complexity index is 52.4. The van der Waals surface area contributed by atoms with Crippen LogP contribution >= 0.6 is 0 Å². The third-order valence-electron chi connectivity index (χ3n) is 1.21. The van der Waals surface area contributed by atoms with Crippen molar-refractivity contribution in [1.82, 2.24) is 0 Å². The zero-order chi connectivity index (χ0) is 5.11. The van der Waals surface area contributed by atoms with Crippen LogP contribution in [0.4, 0.5) is 0 Å². The second kappa shape index (κ2) is 5.35. The van der Waals surface area contributed by atoms with E-state index in [2.05, 4.69) is 0 Å². The van der Waals surface area contributed by atoms with Crippen LogP contribution in [-0.2, 0) is 4.74 Å². The zero-order valence-corrected chi connectivity index (χ0v) is 8.35. The van der Waals surface area contributed by atoms with Crippen LogP contribution in [0.25, 0.3) is 0 Å². The maximum atomic E-state index is 10.0. The number of hydrogen-bond acceptors (Lipinski definition) is 2. The summed E-state index contributed by atoms with van der Waals surface area (Å²) in [6, 6.07) is 0. The van der Waals surface area contributed by atoms with E-state index in [9.17, 15) is 5.11 Å². The standard InChI is InChI=1S/C5H9O2.K/c6-4-5-2-1-3-7-5;/h5H,1-4H2;/q-1;+1. The fourth-order valence-corrected chi connectivity index (χ4v) is 0.776. The SMILES string of the molecule is [K+].[O-]CC1CCCO1. The first-order chi connectivity index (χ1) is 3.43. The first-order valence-electron chi connectivity index (χ1n) is 2.63. The molecule has 1 aliphatic rings. The van der Waals surface area contributed by atoms with Crippen molar-refractivity contribution in [3.63, 3.8) is 0 Å². The van der Waals surface area contributed by atoms with Crippen molar-refractivity contribution < 1.29 is 61.2 Å². The Kier molecular flexibility index (Phi) is 6.39. The van der Waals surface area contributed by atoms with Gasteiger partial charge in [0.15, 0.2) is 0 Å². The molecule has 1 rings (SSSR count). The monoisotopic (exact) mass is 140 g/mol. The summed E-state index contributed by atoms with van der Waals surface area (Å²) in [6.45, 7) is 0.743. The van der Waals surface area contributed by atoms with Gasteiger partial charge in [0.1, 0.15) is 0 Å². The van der Waals surface area contributed by atoms with Crippen LogP contribution in [0.3, 0.4) is 0 Å². The molecule has 1 unspecified atom stereocenters. The van der Waals surface area contributed by atoms with E-state index in [1.54, 1.807) is 0 Å². The van der Waals surface area contributed by atoms with Crippen LogP contribution in [0.15, 0.2) is 0 Å². The largest absolute Gasteiger partial charge is 1.00 e. The summed E-state index contributed by atoms with van der Waals surface area (Å²) in [6.07, 6.45) is 2.09. The zero-order valence-electron chi connectivity index (χ0n) is 5.22. The summed E-state index contributed by atoms with van der Waals surface area (Å²) < 4.78 is 4.99. The molecular weight excluding hydrogens is 131 g/mol. The predicted octanol–water partition coefficient (Wildman–Crippen LogP) is -3.47. The number of rotatable bonds is 1. The molecule has 1 atom stereocenters. The summed E-state index contributed by atoms with van der Waals surface area (Å²) >= 11 is 0. The van der Waals surface area contributed by atoms with Crippen LogP contribution in [-0.4, -0.2) is 19.3 Å². The third kappa shape index (κ3) is 2.91. The molecule has 0 aromatic rings. The first kappa shape index (κ1) is 9.56. The minimum atomic E-state index is -0.0556. The molecule has 0 aromatic carbocycles. The summed E-state index contributed by atoms with van der Waals surface area (Å²) in [5, 5.41) is 10.0. The topological polar surface area (TPSA) is 32.3 Å². The van der Waals surface area contributed by atoms with E-state index in [1.165, 1.54) is 0 Å². The molecule has 1 fully saturated rings. The molecule has 0 radical (unpaired) electrons. The molecule has 2 nitrogen and oxygen atoms in total. The Morgan fingerprint density at radius 1 is 1.62 bits per heavy atom. The Morgan fingerprint density at radius 2 is 2.38 bits per heavy atom. The minimum absolute atomic E-state index is 0. The van der Waals surface area contributed by atoms with Gasteiger partial charge in [-0.1, -0.05) is 0 Å². The fourth-order valence-electron chi connectivity index (χ4n) is 0.776. The summed E-state index contributed by atoms with van der Waals surface area (Å²) in [7, 11) is 0. The van der Waals surface area contributed by atoms with Crippen LogP contribution in [0.1, 0.15) is 12.8 Å². The van der Waals surface area contributed by atoms with Crippen molar-refractivity contribution in [2.75, 3.05) is 13.2 Å². The molecule has 0 aliphatic carbocycles. The van der Waals surface area contributed by atoms with Gasteiger partial charge in [0.2, 0.25) is 0 Å². The maximum absolute atomic E-state index is 10.0. The van der Waals surface area contributed by atoms with Crippen molar-refractivity contribution in [3.05, 3.63) is 0 Å². The molecule has 0 bridgehead atoms. The molecule has 1 aliphatic heterocycles. The van der Waals surface area contributed by atoms with Crippen molar-refractivity contribution in [1.29, 1.82) is 0 Å². The molecule has 1 heterocycles. The predicted molar refractivity (Wildman–Crippen MR) is 23.8 cm³/mol. The van der Waals surface area contributed by atoms with E-state index in [0.717, 1.165) is 19.4 Å². The van der Waals surface area contributed by atoms with Gasteiger partial charge in [0.05, 0.1) is 0 Å². The first-order valence-corrected chi connectivity index (χ1v) is 2.63. The third-order valence-corrected chi connectivity index (χ3v) is 1.21. The summed E-state index contributed by atoms with van der Waals surface area (Å²) in [5.41, 5.74) is 0. The van der Waals surface area contributed by atoms with E-state index < -0.39 is 0 Å². The van der Waals surface area contributed by atoms with Crippen molar-refractivity contribution in [2.45, 2.75) is 18.9 Å². The van der Waals surface area contributed by atoms with Crippen LogP contribution in [0.2, 0.25) is 0 Å². The van der Waals surface area contributed by atoms with E-state index in [1.807, 2.05) is 0 Å². The van der Waals surface area contributed by atoms with Gasteiger partial charge < -0.3 is 9.84 Å². The molecule has 3 heteroatoms. The number of ether oxygens (including phenoxy) is 1. The maximum Gasteiger partial charge on any atom is 1.00 e. The molecule has 42 valence electrons. The molecule has 0 amide bonds. The van der Waals surface area contributed by atoms with Crippen molar-refractivity contribution in [3.8, 4) is 0 Å². The fraction of sp³-hybridized carbons (Fsp3) is 1.00. The number of hydrogen-bond donors (Lipinski definition) is 0. The van der Waals surface area contributed by atoms with Gasteiger partial charge in [-0.2, -0.15) is 0 Å². The molecule has 0 spiro atoms. The summed E-state index contributed by atoms with van der Waals surface area (Å²) in [4.78, 5) is 0. The summed E-state index contributed by atoms with van der Waals surface area (Å²) in [5.74, 6) is 0. The molecular formula is C5H9KO2.